The number of hydrogen-bond acceptors (Lipinski definition) is 3. The molecule has 2 aromatic rings. The highest BCUT2D eigenvalue weighted by Crippen LogP contribution is 2.26. The zero-order valence-corrected chi connectivity index (χ0v) is 17.3. The van der Waals surface area contributed by atoms with Crippen molar-refractivity contribution in [3.63, 3.8) is 0 Å². The summed E-state index contributed by atoms with van der Waals surface area (Å²) in [4.78, 5) is 2.46. The molecular weight excluding hydrogens is 378 g/mol. The predicted octanol–water partition coefficient (Wildman–Crippen LogP) is 4.40. The Morgan fingerprint density at radius 2 is 1.85 bits per heavy atom. The van der Waals surface area contributed by atoms with E-state index in [2.05, 4.69) is 46.7 Å². The fourth-order valence-electron chi connectivity index (χ4n) is 3.45. The Morgan fingerprint density at radius 3 is 2.52 bits per heavy atom. The first-order chi connectivity index (χ1) is 13.0. The van der Waals surface area contributed by atoms with Crippen LogP contribution in [-0.2, 0) is 4.74 Å². The fraction of sp³-hybridized carbons (Fsp3) is 0.381. The molecule has 0 saturated carbocycles. The molecule has 1 aliphatic rings. The van der Waals surface area contributed by atoms with Crippen LogP contribution in [0.4, 0.5) is 5.69 Å². The van der Waals surface area contributed by atoms with E-state index in [1.54, 1.807) is 0 Å². The van der Waals surface area contributed by atoms with Gasteiger partial charge < -0.3 is 15.4 Å². The van der Waals surface area contributed by atoms with Crippen molar-refractivity contribution in [1.82, 2.24) is 10.2 Å². The van der Waals surface area contributed by atoms with Crippen LogP contribution >= 0.6 is 23.8 Å². The molecule has 0 aromatic heterocycles. The summed E-state index contributed by atoms with van der Waals surface area (Å²) in [5.74, 6) is 0. The van der Waals surface area contributed by atoms with E-state index in [9.17, 15) is 0 Å². The van der Waals surface area contributed by atoms with Gasteiger partial charge in [0.25, 0.3) is 0 Å². The zero-order chi connectivity index (χ0) is 19.2. The lowest BCUT2D eigenvalue weighted by molar-refractivity contribution is 0.0102. The number of anilines is 1. The van der Waals surface area contributed by atoms with E-state index in [4.69, 9.17) is 28.6 Å². The second-order valence-electron chi connectivity index (χ2n) is 6.85. The van der Waals surface area contributed by atoms with Gasteiger partial charge in [0.1, 0.15) is 0 Å². The fourth-order valence-corrected chi connectivity index (χ4v) is 3.93. The summed E-state index contributed by atoms with van der Waals surface area (Å²) >= 11 is 11.8. The van der Waals surface area contributed by atoms with Gasteiger partial charge in [0, 0.05) is 29.8 Å². The summed E-state index contributed by atoms with van der Waals surface area (Å²) in [7, 11) is 0. The van der Waals surface area contributed by atoms with Crippen LogP contribution in [0.25, 0.3) is 0 Å². The van der Waals surface area contributed by atoms with Crippen LogP contribution in [0, 0.1) is 6.92 Å². The van der Waals surface area contributed by atoms with E-state index >= 15 is 0 Å². The van der Waals surface area contributed by atoms with Gasteiger partial charge in [-0.2, -0.15) is 0 Å². The average Bonchev–Trinajstić information content (AvgIpc) is 2.66. The largest absolute Gasteiger partial charge is 0.379 e. The van der Waals surface area contributed by atoms with Gasteiger partial charge in [-0.3, -0.25) is 4.90 Å². The van der Waals surface area contributed by atoms with Gasteiger partial charge in [0.2, 0.25) is 0 Å². The summed E-state index contributed by atoms with van der Waals surface area (Å²) in [6.45, 7) is 7.51. The molecule has 0 unspecified atom stereocenters. The van der Waals surface area contributed by atoms with E-state index in [1.165, 1.54) is 5.56 Å². The van der Waals surface area contributed by atoms with Crippen LogP contribution in [0.3, 0.4) is 0 Å². The molecule has 4 nitrogen and oxygen atoms in total. The van der Waals surface area contributed by atoms with Crippen molar-refractivity contribution in [3.05, 3.63) is 64.7 Å². The number of benzene rings is 2. The van der Waals surface area contributed by atoms with Crippen molar-refractivity contribution in [3.8, 4) is 0 Å². The maximum absolute atomic E-state index is 6.21. The van der Waals surface area contributed by atoms with Gasteiger partial charge in [-0.15, -0.1) is 0 Å². The number of hydrogen-bond donors (Lipinski definition) is 2. The molecule has 144 valence electrons. The molecule has 0 aliphatic carbocycles. The minimum atomic E-state index is 0.131. The molecule has 0 spiro atoms. The van der Waals surface area contributed by atoms with Crippen LogP contribution < -0.4 is 10.6 Å². The minimum Gasteiger partial charge on any atom is -0.379 e. The van der Waals surface area contributed by atoms with Crippen molar-refractivity contribution in [2.75, 3.05) is 31.6 Å². The van der Waals surface area contributed by atoms with Crippen molar-refractivity contribution in [2.45, 2.75) is 25.9 Å². The maximum Gasteiger partial charge on any atom is 0.171 e. The highest BCUT2D eigenvalue weighted by molar-refractivity contribution is 7.80. The maximum atomic E-state index is 6.21. The second-order valence-corrected chi connectivity index (χ2v) is 7.67. The molecule has 1 fully saturated rings. The normalized spacial score (nSPS) is 17.1. The highest BCUT2D eigenvalue weighted by atomic mass is 35.5. The van der Waals surface area contributed by atoms with Crippen LogP contribution in [0.5, 0.6) is 0 Å². The second kappa shape index (κ2) is 9.51. The van der Waals surface area contributed by atoms with E-state index in [0.29, 0.717) is 5.11 Å². The highest BCUT2D eigenvalue weighted by Gasteiger charge is 2.28. The Balaban J connectivity index is 1.70. The molecule has 2 aromatic carbocycles. The van der Waals surface area contributed by atoms with E-state index in [-0.39, 0.29) is 12.1 Å². The number of aryl methyl sites for hydroxylation is 1. The van der Waals surface area contributed by atoms with Crippen molar-refractivity contribution >= 4 is 34.6 Å². The molecule has 1 aliphatic heterocycles. The summed E-state index contributed by atoms with van der Waals surface area (Å²) in [5, 5.41) is 8.02. The van der Waals surface area contributed by atoms with Crippen LogP contribution in [0.15, 0.2) is 48.5 Å². The number of halogens is 1. The Hall–Kier alpha value is -1.66. The van der Waals surface area contributed by atoms with Crippen molar-refractivity contribution in [2.24, 2.45) is 0 Å². The molecule has 0 amide bonds. The third-order valence-corrected chi connectivity index (χ3v) is 5.47. The van der Waals surface area contributed by atoms with E-state index < -0.39 is 0 Å². The SMILES string of the molecule is Cc1ccc(NC(=S)N[C@H](C)[C@@H](c2ccccc2)N2CCOCC2)cc1Cl. The third-order valence-electron chi connectivity index (χ3n) is 4.84. The molecule has 1 heterocycles. The van der Waals surface area contributed by atoms with Gasteiger partial charge >= 0.3 is 0 Å². The Morgan fingerprint density at radius 1 is 1.15 bits per heavy atom. The molecule has 0 radical (unpaired) electrons. The molecule has 2 atom stereocenters. The summed E-state index contributed by atoms with van der Waals surface area (Å²) < 4.78 is 5.53. The first-order valence-corrected chi connectivity index (χ1v) is 10.0. The minimum absolute atomic E-state index is 0.131. The van der Waals surface area contributed by atoms with Crippen molar-refractivity contribution < 1.29 is 4.74 Å². The van der Waals surface area contributed by atoms with Gasteiger partial charge in [-0.1, -0.05) is 48.0 Å². The molecule has 6 heteroatoms. The number of morpholine rings is 1. The Kier molecular flexibility index (Phi) is 7.07. The number of ether oxygens (including phenoxy) is 1. The lowest BCUT2D eigenvalue weighted by Crippen LogP contribution is -2.49. The number of thiocarbonyl (C=S) groups is 1. The molecule has 2 N–H and O–H groups in total. The molecule has 3 rings (SSSR count). The molecule has 27 heavy (non-hydrogen) atoms. The first kappa shape index (κ1) is 20.1. The Labute approximate surface area is 171 Å². The molecular formula is C21H26ClN3OS. The topological polar surface area (TPSA) is 36.5 Å². The predicted molar refractivity (Wildman–Crippen MR) is 117 cm³/mol. The van der Waals surface area contributed by atoms with E-state index in [1.807, 2.05) is 31.2 Å². The lowest BCUT2D eigenvalue weighted by atomic mass is 9.98. The van der Waals surface area contributed by atoms with Crippen LogP contribution in [0.2, 0.25) is 5.02 Å². The molecule has 0 bridgehead atoms. The van der Waals surface area contributed by atoms with Gasteiger partial charge in [-0.25, -0.2) is 0 Å². The summed E-state index contributed by atoms with van der Waals surface area (Å²) in [6.07, 6.45) is 0. The lowest BCUT2D eigenvalue weighted by Gasteiger charge is -2.38. The number of nitrogens with one attached hydrogen (secondary N) is 2. The first-order valence-electron chi connectivity index (χ1n) is 9.25. The zero-order valence-electron chi connectivity index (χ0n) is 15.7. The quantitative estimate of drug-likeness (QED) is 0.724. The van der Waals surface area contributed by atoms with Crippen LogP contribution in [0.1, 0.15) is 24.1 Å². The van der Waals surface area contributed by atoms with E-state index in [0.717, 1.165) is 42.6 Å². The van der Waals surface area contributed by atoms with Crippen LogP contribution in [-0.4, -0.2) is 42.4 Å². The van der Waals surface area contributed by atoms with Gasteiger partial charge in [0.15, 0.2) is 5.11 Å². The molecule has 1 saturated heterocycles. The smallest absolute Gasteiger partial charge is 0.171 e. The average molecular weight is 404 g/mol. The summed E-state index contributed by atoms with van der Waals surface area (Å²) in [5.41, 5.74) is 3.21. The Bertz CT molecular complexity index is 765. The van der Waals surface area contributed by atoms with Gasteiger partial charge in [0.05, 0.1) is 19.3 Å². The monoisotopic (exact) mass is 403 g/mol. The van der Waals surface area contributed by atoms with Crippen molar-refractivity contribution in [1.29, 1.82) is 0 Å². The van der Waals surface area contributed by atoms with Gasteiger partial charge in [-0.05, 0) is 49.3 Å². The number of rotatable bonds is 5. The summed E-state index contributed by atoms with van der Waals surface area (Å²) in [6, 6.07) is 16.8. The number of nitrogens with zero attached hydrogens (tertiary/aromatic N) is 1. The standard InChI is InChI=1S/C21H26ClN3OS/c1-15-8-9-18(14-19(15)22)24-21(27)23-16(2)20(17-6-4-3-5-7-17)25-10-12-26-13-11-25/h3-9,14,16,20H,10-13H2,1-2H3,(H2,23,24,27)/t16-,20+/m1/s1. The third kappa shape index (κ3) is 5.42.